The van der Waals surface area contributed by atoms with E-state index in [1.165, 1.54) is 5.56 Å². The summed E-state index contributed by atoms with van der Waals surface area (Å²) in [7, 11) is 0. The number of aromatic nitrogens is 4. The predicted molar refractivity (Wildman–Crippen MR) is 158 cm³/mol. The Kier molecular flexibility index (Phi) is 7.35. The smallest absolute Gasteiger partial charge is 0.257 e. The maximum atomic E-state index is 13.9. The van der Waals surface area contributed by atoms with Gasteiger partial charge < -0.3 is 10.2 Å². The lowest BCUT2D eigenvalue weighted by atomic mass is 9.97. The first-order valence-electron chi connectivity index (χ1n) is 13.9. The molecule has 1 unspecified atom stereocenters. The van der Waals surface area contributed by atoms with Crippen molar-refractivity contribution >= 4 is 11.6 Å². The fourth-order valence-electron chi connectivity index (χ4n) is 5.39. The van der Waals surface area contributed by atoms with Crippen LogP contribution in [0.5, 0.6) is 0 Å². The van der Waals surface area contributed by atoms with Crippen LogP contribution in [0.1, 0.15) is 53.2 Å². The number of unbranched alkanes of at least 4 members (excludes halogenated alkanes) is 1. The highest BCUT2D eigenvalue weighted by Crippen LogP contribution is 2.32. The molecule has 4 aromatic carbocycles. The number of H-pyrrole nitrogens is 1. The van der Waals surface area contributed by atoms with Crippen molar-refractivity contribution in [2.24, 2.45) is 0 Å². The van der Waals surface area contributed by atoms with Crippen LogP contribution in [0.2, 0.25) is 0 Å². The zero-order chi connectivity index (χ0) is 27.3. The van der Waals surface area contributed by atoms with Crippen LogP contribution in [0, 0.1) is 0 Å². The Labute approximate surface area is 234 Å². The van der Waals surface area contributed by atoms with E-state index in [2.05, 4.69) is 106 Å². The zero-order valence-electron chi connectivity index (χ0n) is 22.5. The minimum atomic E-state index is -0.0430. The highest BCUT2D eigenvalue weighted by Gasteiger charge is 2.31. The molecule has 0 spiro atoms. The van der Waals surface area contributed by atoms with Crippen LogP contribution in [-0.2, 0) is 13.0 Å². The molecular formula is C33H32N6O. The molecule has 5 aromatic rings. The first kappa shape index (κ1) is 25.5. The maximum absolute atomic E-state index is 13.9. The lowest BCUT2D eigenvalue weighted by Crippen LogP contribution is -2.48. The molecular weight excluding hydrogens is 496 g/mol. The molecule has 1 amide bonds. The number of benzene rings is 4. The number of hydrogen-bond donors (Lipinski definition) is 2. The molecule has 0 bridgehead atoms. The first-order valence-corrected chi connectivity index (χ1v) is 13.9. The van der Waals surface area contributed by atoms with Crippen molar-refractivity contribution in [1.82, 2.24) is 25.5 Å². The lowest BCUT2D eigenvalue weighted by molar-refractivity contribution is 0.0657. The van der Waals surface area contributed by atoms with Crippen molar-refractivity contribution in [1.29, 1.82) is 0 Å². The van der Waals surface area contributed by atoms with Crippen LogP contribution in [0.3, 0.4) is 0 Å². The molecule has 2 heterocycles. The third-order valence-corrected chi connectivity index (χ3v) is 7.49. The van der Waals surface area contributed by atoms with E-state index < -0.39 is 0 Å². The molecule has 2 N–H and O–H groups in total. The van der Waals surface area contributed by atoms with E-state index in [1.807, 2.05) is 29.2 Å². The molecule has 1 aromatic heterocycles. The van der Waals surface area contributed by atoms with Crippen molar-refractivity contribution in [2.45, 2.75) is 45.3 Å². The van der Waals surface area contributed by atoms with Gasteiger partial charge in [0.05, 0.1) is 5.56 Å². The number of nitrogens with one attached hydrogen (secondary N) is 2. The van der Waals surface area contributed by atoms with Gasteiger partial charge in [0.25, 0.3) is 5.91 Å². The molecule has 1 aliphatic heterocycles. The van der Waals surface area contributed by atoms with E-state index in [9.17, 15) is 4.79 Å². The van der Waals surface area contributed by atoms with Gasteiger partial charge in [0.15, 0.2) is 0 Å². The number of hydrogen-bond acceptors (Lipinski definition) is 5. The second-order valence-electron chi connectivity index (χ2n) is 10.3. The SMILES string of the molecule is CCCCC1Nc2ccc(Cc3ccccc3)cc2C(=O)N1Cc1ccc(-c2ccccc2-c2nn[nH]n2)cc1. The zero-order valence-corrected chi connectivity index (χ0v) is 22.5. The molecule has 0 aliphatic carbocycles. The average molecular weight is 529 g/mol. The van der Waals surface area contributed by atoms with Crippen LogP contribution in [0.4, 0.5) is 5.69 Å². The quantitative estimate of drug-likeness (QED) is 0.222. The standard InChI is InChI=1S/C33H32N6O/c1-2-3-13-31-34-30-19-16-25(20-23-9-5-4-6-10-23)21-29(30)33(40)39(31)22-24-14-17-26(18-15-24)27-11-7-8-12-28(27)32-35-37-38-36-32/h4-12,14-19,21,31,34H,2-3,13,20,22H2,1H3,(H,35,36,37,38). The largest absolute Gasteiger partial charge is 0.364 e. The topological polar surface area (TPSA) is 86.8 Å². The fraction of sp³-hybridized carbons (Fsp3) is 0.212. The second kappa shape index (κ2) is 11.5. The Hall–Kier alpha value is -4.78. The highest BCUT2D eigenvalue weighted by molar-refractivity contribution is 6.01. The van der Waals surface area contributed by atoms with Gasteiger partial charge in [-0.05, 0) is 64.4 Å². The summed E-state index contributed by atoms with van der Waals surface area (Å²) in [4.78, 5) is 15.9. The number of anilines is 1. The van der Waals surface area contributed by atoms with Crippen molar-refractivity contribution in [2.75, 3.05) is 5.32 Å². The number of amides is 1. The Balaban J connectivity index is 1.25. The van der Waals surface area contributed by atoms with Gasteiger partial charge in [-0.1, -0.05) is 98.3 Å². The molecule has 0 radical (unpaired) electrons. The predicted octanol–water partition coefficient (Wildman–Crippen LogP) is 6.71. The summed E-state index contributed by atoms with van der Waals surface area (Å²) in [6.45, 7) is 2.72. The fourth-order valence-corrected chi connectivity index (χ4v) is 5.39. The van der Waals surface area contributed by atoms with Gasteiger partial charge in [-0.3, -0.25) is 4.79 Å². The van der Waals surface area contributed by atoms with E-state index in [0.29, 0.717) is 12.4 Å². The van der Waals surface area contributed by atoms with Crippen molar-refractivity contribution in [3.05, 3.63) is 119 Å². The number of aromatic amines is 1. The molecule has 40 heavy (non-hydrogen) atoms. The summed E-state index contributed by atoms with van der Waals surface area (Å²) in [5.41, 5.74) is 8.13. The Morgan fingerprint density at radius 3 is 2.30 bits per heavy atom. The van der Waals surface area contributed by atoms with E-state index in [4.69, 9.17) is 0 Å². The van der Waals surface area contributed by atoms with Gasteiger partial charge in [0.1, 0.15) is 6.17 Å². The van der Waals surface area contributed by atoms with Gasteiger partial charge in [0.2, 0.25) is 5.82 Å². The van der Waals surface area contributed by atoms with Gasteiger partial charge in [0, 0.05) is 17.8 Å². The number of carbonyl (C=O) groups is 1. The van der Waals surface area contributed by atoms with Crippen molar-refractivity contribution < 1.29 is 4.79 Å². The normalized spacial score (nSPS) is 14.6. The molecule has 6 rings (SSSR count). The summed E-state index contributed by atoms with van der Waals surface area (Å²) >= 11 is 0. The minimum absolute atomic E-state index is 0.0430. The monoisotopic (exact) mass is 528 g/mol. The first-order chi connectivity index (χ1) is 19.7. The molecule has 0 fully saturated rings. The van der Waals surface area contributed by atoms with Gasteiger partial charge in [-0.2, -0.15) is 5.21 Å². The van der Waals surface area contributed by atoms with Gasteiger partial charge in [-0.15, -0.1) is 10.2 Å². The molecule has 1 atom stereocenters. The number of tetrazole rings is 1. The van der Waals surface area contributed by atoms with Gasteiger partial charge >= 0.3 is 0 Å². The summed E-state index contributed by atoms with van der Waals surface area (Å²) in [6, 6.07) is 33.1. The highest BCUT2D eigenvalue weighted by atomic mass is 16.2. The van der Waals surface area contributed by atoms with Crippen molar-refractivity contribution in [3.63, 3.8) is 0 Å². The Morgan fingerprint density at radius 2 is 1.55 bits per heavy atom. The molecule has 7 heteroatoms. The summed E-state index contributed by atoms with van der Waals surface area (Å²) in [5, 5.41) is 18.2. The number of rotatable bonds is 9. The Morgan fingerprint density at radius 1 is 0.800 bits per heavy atom. The molecule has 7 nitrogen and oxygen atoms in total. The maximum Gasteiger partial charge on any atom is 0.257 e. The number of nitrogens with zero attached hydrogens (tertiary/aromatic N) is 4. The van der Waals surface area contributed by atoms with E-state index in [1.54, 1.807) is 0 Å². The number of carbonyl (C=O) groups excluding carboxylic acids is 1. The van der Waals surface area contributed by atoms with Crippen LogP contribution in [-0.4, -0.2) is 37.6 Å². The average Bonchev–Trinajstić information content (AvgIpc) is 3.54. The summed E-state index contributed by atoms with van der Waals surface area (Å²) < 4.78 is 0. The van der Waals surface area contributed by atoms with E-state index in [0.717, 1.165) is 64.8 Å². The number of fused-ring (bicyclic) bond motifs is 1. The molecule has 0 saturated carbocycles. The summed E-state index contributed by atoms with van der Waals surface area (Å²) in [6.07, 6.45) is 3.79. The van der Waals surface area contributed by atoms with Crippen LogP contribution in [0.15, 0.2) is 97.1 Å². The van der Waals surface area contributed by atoms with Crippen LogP contribution in [0.25, 0.3) is 22.5 Å². The lowest BCUT2D eigenvalue weighted by Gasteiger charge is -2.38. The second-order valence-corrected chi connectivity index (χ2v) is 10.3. The Bertz CT molecular complexity index is 1580. The summed E-state index contributed by atoms with van der Waals surface area (Å²) in [5.74, 6) is 0.644. The third-order valence-electron chi connectivity index (χ3n) is 7.49. The van der Waals surface area contributed by atoms with E-state index >= 15 is 0 Å². The van der Waals surface area contributed by atoms with Crippen LogP contribution >= 0.6 is 0 Å². The van der Waals surface area contributed by atoms with Crippen LogP contribution < -0.4 is 5.32 Å². The van der Waals surface area contributed by atoms with Gasteiger partial charge in [-0.25, -0.2) is 0 Å². The molecule has 0 saturated heterocycles. The molecule has 200 valence electrons. The van der Waals surface area contributed by atoms with Crippen molar-refractivity contribution in [3.8, 4) is 22.5 Å². The third kappa shape index (κ3) is 5.36. The minimum Gasteiger partial charge on any atom is -0.364 e. The molecule has 1 aliphatic rings. The van der Waals surface area contributed by atoms with E-state index in [-0.39, 0.29) is 12.1 Å².